The Labute approximate surface area is 188 Å². The van der Waals surface area contributed by atoms with Gasteiger partial charge in [0.2, 0.25) is 5.91 Å². The van der Waals surface area contributed by atoms with Gasteiger partial charge in [0.25, 0.3) is 0 Å². The molecule has 32 heavy (non-hydrogen) atoms. The molecular formula is C25H30N4O3. The first-order chi connectivity index (χ1) is 15.4. The van der Waals surface area contributed by atoms with E-state index in [1.165, 1.54) is 5.56 Å². The fourth-order valence-electron chi connectivity index (χ4n) is 4.25. The van der Waals surface area contributed by atoms with Gasteiger partial charge >= 0.3 is 5.97 Å². The van der Waals surface area contributed by atoms with Crippen molar-refractivity contribution < 1.29 is 14.7 Å². The maximum absolute atomic E-state index is 12.3. The summed E-state index contributed by atoms with van der Waals surface area (Å²) >= 11 is 0. The van der Waals surface area contributed by atoms with Crippen LogP contribution in [0.5, 0.6) is 0 Å². The Balaban J connectivity index is 1.48. The van der Waals surface area contributed by atoms with Crippen LogP contribution in [-0.2, 0) is 16.1 Å². The summed E-state index contributed by atoms with van der Waals surface area (Å²) in [5, 5.41) is 13.8. The van der Waals surface area contributed by atoms with Crippen LogP contribution in [-0.4, -0.2) is 57.9 Å². The number of aromatic nitrogens is 1. The molecule has 2 aromatic carbocycles. The minimum Gasteiger partial charge on any atom is -0.480 e. The van der Waals surface area contributed by atoms with Gasteiger partial charge in [-0.05, 0) is 17.7 Å². The lowest BCUT2D eigenvalue weighted by atomic mass is 10.0. The average Bonchev–Trinajstić information content (AvgIpc) is 3.18. The highest BCUT2D eigenvalue weighted by atomic mass is 16.4. The molecule has 0 spiro atoms. The van der Waals surface area contributed by atoms with E-state index in [4.69, 9.17) is 0 Å². The normalized spacial score (nSPS) is 16.3. The molecule has 0 saturated carbocycles. The first-order valence-corrected chi connectivity index (χ1v) is 11.1. The van der Waals surface area contributed by atoms with Crippen LogP contribution in [0.4, 0.5) is 5.69 Å². The highest BCUT2D eigenvalue weighted by Gasteiger charge is 2.32. The summed E-state index contributed by atoms with van der Waals surface area (Å²) in [5.74, 6) is -1.01. The van der Waals surface area contributed by atoms with Gasteiger partial charge in [-0.1, -0.05) is 50.2 Å². The number of hydrogen-bond donors (Lipinski definition) is 3. The van der Waals surface area contributed by atoms with E-state index < -0.39 is 12.0 Å². The van der Waals surface area contributed by atoms with Gasteiger partial charge in [0, 0.05) is 67.0 Å². The highest BCUT2D eigenvalue weighted by molar-refractivity contribution is 5.96. The number of amides is 1. The monoisotopic (exact) mass is 434 g/mol. The van der Waals surface area contributed by atoms with E-state index in [2.05, 4.69) is 27.3 Å². The molecule has 1 aliphatic rings. The predicted molar refractivity (Wildman–Crippen MR) is 125 cm³/mol. The van der Waals surface area contributed by atoms with Crippen molar-refractivity contribution in [3.05, 3.63) is 65.9 Å². The molecule has 2 heterocycles. The van der Waals surface area contributed by atoms with Crippen LogP contribution in [0.3, 0.4) is 0 Å². The van der Waals surface area contributed by atoms with Crippen LogP contribution in [0.2, 0.25) is 0 Å². The zero-order chi connectivity index (χ0) is 22.7. The standard InChI is InChI=1S/C25H30N4O3/c1-17(2)24(30)27-19-8-9-20-21(15-26-22(20)14-19)23(25(31)32)29-12-10-28(11-13-29)16-18-6-4-3-5-7-18/h3-9,14-15,17,23,26H,10-13,16H2,1-2H3,(H,27,30)(H,31,32)/t23-/m0/s1. The minimum absolute atomic E-state index is 0.0482. The number of nitrogens with one attached hydrogen (secondary N) is 2. The van der Waals surface area contributed by atoms with Gasteiger partial charge in [0.1, 0.15) is 6.04 Å². The summed E-state index contributed by atoms with van der Waals surface area (Å²) in [6, 6.07) is 15.2. The number of H-pyrrole nitrogens is 1. The van der Waals surface area contributed by atoms with E-state index in [0.717, 1.165) is 36.1 Å². The molecule has 7 nitrogen and oxygen atoms in total. The molecule has 1 aromatic heterocycles. The van der Waals surface area contributed by atoms with Crippen molar-refractivity contribution in [2.45, 2.75) is 26.4 Å². The van der Waals surface area contributed by atoms with E-state index in [1.54, 1.807) is 6.20 Å². The van der Waals surface area contributed by atoms with Crippen molar-refractivity contribution in [1.82, 2.24) is 14.8 Å². The summed E-state index contributed by atoms with van der Waals surface area (Å²) in [6.45, 7) is 7.61. The molecule has 3 aromatic rings. The van der Waals surface area contributed by atoms with Gasteiger partial charge in [-0.3, -0.25) is 19.4 Å². The third kappa shape index (κ3) is 4.84. The van der Waals surface area contributed by atoms with E-state index in [9.17, 15) is 14.7 Å². The molecule has 1 aliphatic heterocycles. The Hall–Kier alpha value is -3.16. The number of piperazine rings is 1. The third-order valence-electron chi connectivity index (χ3n) is 6.06. The zero-order valence-corrected chi connectivity index (χ0v) is 18.5. The molecule has 1 saturated heterocycles. The van der Waals surface area contributed by atoms with Crippen LogP contribution < -0.4 is 5.32 Å². The van der Waals surface area contributed by atoms with Crippen molar-refractivity contribution in [2.75, 3.05) is 31.5 Å². The minimum atomic E-state index is -0.848. The molecule has 1 atom stereocenters. The van der Waals surface area contributed by atoms with Crippen LogP contribution in [0.15, 0.2) is 54.7 Å². The molecule has 1 fully saturated rings. The van der Waals surface area contributed by atoms with E-state index in [-0.39, 0.29) is 11.8 Å². The molecule has 0 aliphatic carbocycles. The van der Waals surface area contributed by atoms with Crippen molar-refractivity contribution in [3.63, 3.8) is 0 Å². The van der Waals surface area contributed by atoms with Crippen molar-refractivity contribution in [1.29, 1.82) is 0 Å². The number of carbonyl (C=O) groups is 2. The molecule has 1 amide bonds. The molecule has 168 valence electrons. The maximum Gasteiger partial charge on any atom is 0.325 e. The van der Waals surface area contributed by atoms with Crippen LogP contribution >= 0.6 is 0 Å². The molecule has 7 heteroatoms. The highest BCUT2D eigenvalue weighted by Crippen LogP contribution is 2.31. The van der Waals surface area contributed by atoms with Gasteiger partial charge in [0.05, 0.1) is 0 Å². The number of carbonyl (C=O) groups excluding carboxylic acids is 1. The number of anilines is 1. The number of hydrogen-bond acceptors (Lipinski definition) is 4. The lowest BCUT2D eigenvalue weighted by Gasteiger charge is -2.37. The van der Waals surface area contributed by atoms with E-state index in [0.29, 0.717) is 18.8 Å². The summed E-state index contributed by atoms with van der Waals surface area (Å²) in [4.78, 5) is 31.9. The number of fused-ring (bicyclic) bond motifs is 1. The van der Waals surface area contributed by atoms with Gasteiger partial charge in [0.15, 0.2) is 0 Å². The number of aromatic amines is 1. The third-order valence-corrected chi connectivity index (χ3v) is 6.06. The maximum atomic E-state index is 12.3. The molecule has 4 rings (SSSR count). The largest absolute Gasteiger partial charge is 0.480 e. The van der Waals surface area contributed by atoms with Gasteiger partial charge in [-0.15, -0.1) is 0 Å². The Morgan fingerprint density at radius 2 is 1.78 bits per heavy atom. The van der Waals surface area contributed by atoms with Gasteiger partial charge < -0.3 is 15.4 Å². The molecular weight excluding hydrogens is 404 g/mol. The molecule has 0 bridgehead atoms. The van der Waals surface area contributed by atoms with Gasteiger partial charge in [-0.25, -0.2) is 0 Å². The Bertz CT molecular complexity index is 1090. The number of aliphatic carboxylic acids is 1. The second-order valence-corrected chi connectivity index (χ2v) is 8.69. The number of nitrogens with zero attached hydrogens (tertiary/aromatic N) is 2. The van der Waals surface area contributed by atoms with Crippen LogP contribution in [0, 0.1) is 5.92 Å². The van der Waals surface area contributed by atoms with Crippen molar-refractivity contribution in [2.24, 2.45) is 5.92 Å². The lowest BCUT2D eigenvalue weighted by Crippen LogP contribution is -2.48. The average molecular weight is 435 g/mol. The predicted octanol–water partition coefficient (Wildman–Crippen LogP) is 3.71. The van der Waals surface area contributed by atoms with E-state index >= 15 is 0 Å². The van der Waals surface area contributed by atoms with Crippen molar-refractivity contribution in [3.8, 4) is 0 Å². The fourth-order valence-corrected chi connectivity index (χ4v) is 4.25. The van der Waals surface area contributed by atoms with Crippen LogP contribution in [0.25, 0.3) is 10.9 Å². The van der Waals surface area contributed by atoms with Crippen molar-refractivity contribution >= 4 is 28.5 Å². The number of carboxylic acids is 1. The quantitative estimate of drug-likeness (QED) is 0.528. The van der Waals surface area contributed by atoms with E-state index in [1.807, 2.05) is 55.1 Å². The summed E-state index contributed by atoms with van der Waals surface area (Å²) in [5.41, 5.74) is 3.54. The number of benzene rings is 2. The summed E-state index contributed by atoms with van der Waals surface area (Å²) < 4.78 is 0. The molecule has 0 radical (unpaired) electrons. The second kappa shape index (κ2) is 9.54. The Kier molecular flexibility index (Phi) is 6.58. The molecule has 3 N–H and O–H groups in total. The molecule has 0 unspecified atom stereocenters. The smallest absolute Gasteiger partial charge is 0.325 e. The van der Waals surface area contributed by atoms with Gasteiger partial charge in [-0.2, -0.15) is 0 Å². The Morgan fingerprint density at radius 1 is 1.06 bits per heavy atom. The number of carboxylic acid groups (broad SMARTS) is 1. The fraction of sp³-hybridized carbons (Fsp3) is 0.360. The first kappa shape index (κ1) is 22.0. The SMILES string of the molecule is CC(C)C(=O)Nc1ccc2c([C@@H](C(=O)O)N3CCN(Cc4ccccc4)CC3)c[nH]c2c1. The summed E-state index contributed by atoms with van der Waals surface area (Å²) in [6.07, 6.45) is 1.79. The van der Waals surface area contributed by atoms with Crippen LogP contribution in [0.1, 0.15) is 31.0 Å². The second-order valence-electron chi connectivity index (χ2n) is 8.69. The summed E-state index contributed by atoms with van der Waals surface area (Å²) in [7, 11) is 0. The first-order valence-electron chi connectivity index (χ1n) is 11.1. The Morgan fingerprint density at radius 3 is 2.44 bits per heavy atom. The topological polar surface area (TPSA) is 88.7 Å². The number of rotatable bonds is 7. The zero-order valence-electron chi connectivity index (χ0n) is 18.5. The lowest BCUT2D eigenvalue weighted by molar-refractivity contribution is -0.144.